The van der Waals surface area contributed by atoms with Crippen LogP contribution in [0.1, 0.15) is 10.7 Å². The number of anilines is 2. The Bertz CT molecular complexity index is 1050. The number of rotatable bonds is 6. The molecule has 0 fully saturated rings. The number of benzene rings is 1. The Morgan fingerprint density at radius 1 is 1.19 bits per heavy atom. The number of nitrogens with one attached hydrogen (secondary N) is 1. The molecule has 6 nitrogen and oxygen atoms in total. The number of aryl methyl sites for hydroxylation is 1. The van der Waals surface area contributed by atoms with Crippen LogP contribution in [0.2, 0.25) is 0 Å². The number of nitrogens with zero attached hydrogens (tertiary/aromatic N) is 3. The predicted octanol–water partition coefficient (Wildman–Crippen LogP) is 3.56. The smallest absolute Gasteiger partial charge is 0.263 e. The van der Waals surface area contributed by atoms with Gasteiger partial charge in [0.05, 0.1) is 12.2 Å². The molecule has 0 unspecified atom stereocenters. The van der Waals surface area contributed by atoms with Crippen LogP contribution in [0.4, 0.5) is 20.3 Å². The van der Waals surface area contributed by atoms with Crippen molar-refractivity contribution in [2.45, 2.75) is 18.4 Å². The summed E-state index contributed by atoms with van der Waals surface area (Å²) in [5, 5.41) is 2.88. The van der Waals surface area contributed by atoms with E-state index in [1.54, 1.807) is 6.07 Å². The Morgan fingerprint density at radius 2 is 1.96 bits per heavy atom. The number of hydrogen-bond donors (Lipinski definition) is 1. The zero-order valence-electron chi connectivity index (χ0n) is 14.5. The summed E-state index contributed by atoms with van der Waals surface area (Å²) in [6.45, 7) is 2.46. The van der Waals surface area contributed by atoms with Crippen molar-refractivity contribution in [2.75, 3.05) is 16.7 Å². The minimum atomic E-state index is -3.97. The van der Waals surface area contributed by atoms with Crippen molar-refractivity contribution < 1.29 is 17.2 Å². The Morgan fingerprint density at radius 3 is 2.56 bits per heavy atom. The maximum atomic E-state index is 13.2. The van der Waals surface area contributed by atoms with E-state index in [1.807, 2.05) is 24.3 Å². The van der Waals surface area contributed by atoms with Crippen molar-refractivity contribution in [3.05, 3.63) is 64.2 Å². The van der Waals surface area contributed by atoms with Gasteiger partial charge < -0.3 is 4.90 Å². The molecule has 10 heteroatoms. The molecule has 0 amide bonds. The third-order valence-corrected chi connectivity index (χ3v) is 5.95. The zero-order valence-corrected chi connectivity index (χ0v) is 16.1. The second-order valence-electron chi connectivity index (χ2n) is 5.83. The Hall–Kier alpha value is -2.59. The van der Waals surface area contributed by atoms with Gasteiger partial charge in [0, 0.05) is 30.4 Å². The highest BCUT2D eigenvalue weighted by Crippen LogP contribution is 2.20. The van der Waals surface area contributed by atoms with Gasteiger partial charge in [-0.3, -0.25) is 4.72 Å². The molecule has 0 aliphatic rings. The van der Waals surface area contributed by atoms with Crippen LogP contribution in [0.25, 0.3) is 0 Å². The SMILES string of the molecule is Cc1csc(CN(C)c2ccc(S(=O)(=O)Nc3ccc(F)c(F)c3)cn2)n1. The molecule has 2 aromatic heterocycles. The average molecular weight is 410 g/mol. The monoisotopic (exact) mass is 410 g/mol. The lowest BCUT2D eigenvalue weighted by Gasteiger charge is -2.17. The van der Waals surface area contributed by atoms with E-state index in [2.05, 4.69) is 14.7 Å². The van der Waals surface area contributed by atoms with Crippen molar-refractivity contribution >= 4 is 32.9 Å². The molecule has 0 saturated carbocycles. The van der Waals surface area contributed by atoms with Crippen molar-refractivity contribution in [1.82, 2.24) is 9.97 Å². The highest BCUT2D eigenvalue weighted by molar-refractivity contribution is 7.92. The topological polar surface area (TPSA) is 75.2 Å². The van der Waals surface area contributed by atoms with Crippen molar-refractivity contribution in [2.24, 2.45) is 0 Å². The standard InChI is InChI=1S/C17H16F2N4O2S2/c1-11-10-26-17(21-11)9-23(2)16-6-4-13(8-20-16)27(24,25)22-12-3-5-14(18)15(19)7-12/h3-8,10,22H,9H2,1-2H3. The van der Waals surface area contributed by atoms with E-state index in [9.17, 15) is 17.2 Å². The Balaban J connectivity index is 1.74. The lowest BCUT2D eigenvalue weighted by molar-refractivity contribution is 0.509. The van der Waals surface area contributed by atoms with Gasteiger partial charge in [0.1, 0.15) is 15.7 Å². The van der Waals surface area contributed by atoms with Gasteiger partial charge in [-0.05, 0) is 31.2 Å². The van der Waals surface area contributed by atoms with Crippen LogP contribution in [0.5, 0.6) is 0 Å². The highest BCUT2D eigenvalue weighted by atomic mass is 32.2. The molecular weight excluding hydrogens is 394 g/mol. The molecule has 0 bridgehead atoms. The number of halogens is 2. The predicted molar refractivity (Wildman–Crippen MR) is 100 cm³/mol. The lowest BCUT2D eigenvalue weighted by atomic mass is 10.3. The Labute approximate surface area is 159 Å². The number of sulfonamides is 1. The van der Waals surface area contributed by atoms with E-state index in [0.29, 0.717) is 12.4 Å². The van der Waals surface area contributed by atoms with E-state index in [0.717, 1.165) is 28.9 Å². The first kappa shape index (κ1) is 19.2. The van der Waals surface area contributed by atoms with Crippen LogP contribution >= 0.6 is 11.3 Å². The second-order valence-corrected chi connectivity index (χ2v) is 8.45. The van der Waals surface area contributed by atoms with Gasteiger partial charge in [-0.2, -0.15) is 0 Å². The molecule has 0 aliphatic carbocycles. The largest absolute Gasteiger partial charge is 0.353 e. The van der Waals surface area contributed by atoms with E-state index in [1.165, 1.54) is 23.6 Å². The Kier molecular flexibility index (Phi) is 5.38. The van der Waals surface area contributed by atoms with E-state index < -0.39 is 21.7 Å². The fourth-order valence-electron chi connectivity index (χ4n) is 2.29. The normalized spacial score (nSPS) is 11.4. The van der Waals surface area contributed by atoms with Crippen LogP contribution in [0.15, 0.2) is 46.8 Å². The fraction of sp³-hybridized carbons (Fsp3) is 0.176. The van der Waals surface area contributed by atoms with Gasteiger partial charge in [-0.15, -0.1) is 11.3 Å². The summed E-state index contributed by atoms with van der Waals surface area (Å²) in [4.78, 5) is 10.3. The number of pyridine rings is 1. The maximum Gasteiger partial charge on any atom is 0.263 e. The molecular formula is C17H16F2N4O2S2. The third-order valence-electron chi connectivity index (χ3n) is 3.63. The molecule has 3 aromatic rings. The third kappa shape index (κ3) is 4.58. The number of aromatic nitrogens is 2. The van der Waals surface area contributed by atoms with Gasteiger partial charge in [0.15, 0.2) is 11.6 Å². The first-order chi connectivity index (χ1) is 12.7. The molecule has 3 rings (SSSR count). The van der Waals surface area contributed by atoms with Gasteiger partial charge in [0.25, 0.3) is 10.0 Å². The van der Waals surface area contributed by atoms with Crippen LogP contribution in [0.3, 0.4) is 0 Å². The molecule has 0 spiro atoms. The summed E-state index contributed by atoms with van der Waals surface area (Å²) in [5.41, 5.74) is 0.871. The quantitative estimate of drug-likeness (QED) is 0.673. The molecule has 0 atom stereocenters. The summed E-state index contributed by atoms with van der Waals surface area (Å²) in [5.74, 6) is -1.61. The first-order valence-electron chi connectivity index (χ1n) is 7.81. The minimum absolute atomic E-state index is 0.0748. The lowest BCUT2D eigenvalue weighted by Crippen LogP contribution is -2.18. The van der Waals surface area contributed by atoms with Gasteiger partial charge in [-0.25, -0.2) is 27.2 Å². The van der Waals surface area contributed by atoms with Crippen molar-refractivity contribution in [3.8, 4) is 0 Å². The van der Waals surface area contributed by atoms with Crippen molar-refractivity contribution in [3.63, 3.8) is 0 Å². The zero-order chi connectivity index (χ0) is 19.6. The molecule has 142 valence electrons. The van der Waals surface area contributed by atoms with Crippen molar-refractivity contribution in [1.29, 1.82) is 0 Å². The van der Waals surface area contributed by atoms with Gasteiger partial charge in [-0.1, -0.05) is 0 Å². The minimum Gasteiger partial charge on any atom is -0.353 e. The number of hydrogen-bond acceptors (Lipinski definition) is 6. The van der Waals surface area contributed by atoms with Gasteiger partial charge in [0.2, 0.25) is 0 Å². The summed E-state index contributed by atoms with van der Waals surface area (Å²) >= 11 is 1.54. The summed E-state index contributed by atoms with van der Waals surface area (Å²) in [7, 11) is -2.15. The molecule has 1 N–H and O–H groups in total. The summed E-state index contributed by atoms with van der Waals surface area (Å²) in [6.07, 6.45) is 1.21. The molecule has 27 heavy (non-hydrogen) atoms. The summed E-state index contributed by atoms with van der Waals surface area (Å²) in [6, 6.07) is 5.73. The molecule has 0 aliphatic heterocycles. The molecule has 0 saturated heterocycles. The van der Waals surface area contributed by atoms with Crippen LogP contribution < -0.4 is 9.62 Å². The van der Waals surface area contributed by atoms with Gasteiger partial charge >= 0.3 is 0 Å². The first-order valence-corrected chi connectivity index (χ1v) is 10.2. The maximum absolute atomic E-state index is 13.2. The van der Waals surface area contributed by atoms with Crippen LogP contribution in [0, 0.1) is 18.6 Å². The molecule has 1 aromatic carbocycles. The van der Waals surface area contributed by atoms with Crippen LogP contribution in [-0.4, -0.2) is 25.4 Å². The van der Waals surface area contributed by atoms with E-state index in [4.69, 9.17) is 0 Å². The molecule has 0 radical (unpaired) electrons. The van der Waals surface area contributed by atoms with E-state index >= 15 is 0 Å². The van der Waals surface area contributed by atoms with Crippen LogP contribution in [-0.2, 0) is 16.6 Å². The molecule has 2 heterocycles. The average Bonchev–Trinajstić information content (AvgIpc) is 3.03. The van der Waals surface area contributed by atoms with E-state index in [-0.39, 0.29) is 10.6 Å². The summed E-state index contributed by atoms with van der Waals surface area (Å²) < 4.78 is 53.2. The highest BCUT2D eigenvalue weighted by Gasteiger charge is 2.17. The second kappa shape index (κ2) is 7.57. The number of thiazole rings is 1. The fourth-order valence-corrected chi connectivity index (χ4v) is 4.11.